The van der Waals surface area contributed by atoms with Crippen LogP contribution in [0.1, 0.15) is 52.1 Å². The van der Waals surface area contributed by atoms with Gasteiger partial charge in [0.2, 0.25) is 0 Å². The Hall–Kier alpha value is -0.870. The van der Waals surface area contributed by atoms with Gasteiger partial charge in [0.05, 0.1) is 12.2 Å². The topological polar surface area (TPSA) is 47.1 Å². The van der Waals surface area contributed by atoms with Crippen LogP contribution in [0.3, 0.4) is 0 Å². The lowest BCUT2D eigenvalue weighted by Crippen LogP contribution is -2.52. The molecule has 1 aliphatic heterocycles. The smallest absolute Gasteiger partial charge is 0.0538 e. The van der Waals surface area contributed by atoms with Crippen LogP contribution in [0, 0.1) is 11.8 Å². The van der Waals surface area contributed by atoms with E-state index in [-0.39, 0.29) is 12.1 Å². The zero-order chi connectivity index (χ0) is 14.9. The molecule has 20 heavy (non-hydrogen) atoms. The quantitative estimate of drug-likeness (QED) is 0.921. The van der Waals surface area contributed by atoms with Crippen molar-refractivity contribution in [2.24, 2.45) is 24.6 Å². The predicted octanol–water partition coefficient (Wildman–Crippen LogP) is 2.56. The number of rotatable bonds is 4. The minimum atomic E-state index is 0.166. The van der Waals surface area contributed by atoms with Crippen LogP contribution in [0.15, 0.2) is 12.4 Å². The number of nitrogens with zero attached hydrogens (tertiary/aromatic N) is 3. The average Bonchev–Trinajstić information content (AvgIpc) is 2.81. The van der Waals surface area contributed by atoms with Crippen LogP contribution in [0.4, 0.5) is 0 Å². The SMILES string of the molecule is CCC(N)C(c1cnn(C)c1)N1CC(C)CC(C)C1C. The molecule has 114 valence electrons. The van der Waals surface area contributed by atoms with Crippen molar-refractivity contribution >= 4 is 0 Å². The zero-order valence-electron chi connectivity index (χ0n) is 13.6. The molecule has 0 saturated carbocycles. The summed E-state index contributed by atoms with van der Waals surface area (Å²) in [6.07, 6.45) is 6.41. The molecule has 0 bridgehead atoms. The number of hydrogen-bond acceptors (Lipinski definition) is 3. The maximum atomic E-state index is 6.46. The third-order valence-electron chi connectivity index (χ3n) is 4.94. The molecule has 0 amide bonds. The molecule has 0 aliphatic carbocycles. The van der Waals surface area contributed by atoms with E-state index in [2.05, 4.69) is 43.9 Å². The van der Waals surface area contributed by atoms with Crippen LogP contribution in [-0.4, -0.2) is 33.3 Å². The van der Waals surface area contributed by atoms with E-state index in [0.717, 1.165) is 24.8 Å². The van der Waals surface area contributed by atoms with Crippen molar-refractivity contribution < 1.29 is 0 Å². The van der Waals surface area contributed by atoms with Gasteiger partial charge < -0.3 is 5.73 Å². The van der Waals surface area contributed by atoms with Gasteiger partial charge in [-0.1, -0.05) is 20.8 Å². The van der Waals surface area contributed by atoms with Crippen LogP contribution in [-0.2, 0) is 7.05 Å². The minimum Gasteiger partial charge on any atom is -0.326 e. The lowest BCUT2D eigenvalue weighted by Gasteiger charge is -2.46. The average molecular weight is 278 g/mol. The number of piperidine rings is 1. The summed E-state index contributed by atoms with van der Waals surface area (Å²) < 4.78 is 1.88. The first kappa shape index (κ1) is 15.5. The third kappa shape index (κ3) is 3.07. The fraction of sp³-hybridized carbons (Fsp3) is 0.812. The van der Waals surface area contributed by atoms with Gasteiger partial charge in [0, 0.05) is 37.4 Å². The van der Waals surface area contributed by atoms with Crippen molar-refractivity contribution in [2.75, 3.05) is 6.54 Å². The molecule has 0 spiro atoms. The number of aryl methyl sites for hydroxylation is 1. The van der Waals surface area contributed by atoms with E-state index < -0.39 is 0 Å². The number of likely N-dealkylation sites (tertiary alicyclic amines) is 1. The van der Waals surface area contributed by atoms with Crippen LogP contribution in [0.2, 0.25) is 0 Å². The van der Waals surface area contributed by atoms with Gasteiger partial charge in [-0.05, 0) is 31.6 Å². The summed E-state index contributed by atoms with van der Waals surface area (Å²) in [5, 5.41) is 4.35. The monoisotopic (exact) mass is 278 g/mol. The molecular formula is C16H30N4. The zero-order valence-corrected chi connectivity index (χ0v) is 13.6. The maximum absolute atomic E-state index is 6.46. The first-order chi connectivity index (χ1) is 9.43. The Balaban J connectivity index is 2.30. The Morgan fingerprint density at radius 1 is 1.40 bits per heavy atom. The van der Waals surface area contributed by atoms with Gasteiger partial charge in [0.1, 0.15) is 0 Å². The van der Waals surface area contributed by atoms with Gasteiger partial charge in [0.15, 0.2) is 0 Å². The molecule has 5 unspecified atom stereocenters. The number of hydrogen-bond donors (Lipinski definition) is 1. The highest BCUT2D eigenvalue weighted by atomic mass is 15.3. The molecule has 1 aromatic rings. The molecule has 4 nitrogen and oxygen atoms in total. The second-order valence-electron chi connectivity index (χ2n) is 6.72. The summed E-state index contributed by atoms with van der Waals surface area (Å²) in [6, 6.07) is 1.03. The maximum Gasteiger partial charge on any atom is 0.0538 e. The van der Waals surface area contributed by atoms with Gasteiger partial charge in [-0.25, -0.2) is 0 Å². The molecule has 2 N–H and O–H groups in total. The molecule has 1 aliphatic rings. The summed E-state index contributed by atoms with van der Waals surface area (Å²) in [5.74, 6) is 1.46. The second-order valence-corrected chi connectivity index (χ2v) is 6.72. The number of aromatic nitrogens is 2. The summed E-state index contributed by atoms with van der Waals surface area (Å²) in [6.45, 7) is 10.4. The summed E-state index contributed by atoms with van der Waals surface area (Å²) in [4.78, 5) is 2.62. The molecule has 1 saturated heterocycles. The van der Waals surface area contributed by atoms with Gasteiger partial charge in [-0.3, -0.25) is 9.58 Å². The van der Waals surface area contributed by atoms with Gasteiger partial charge in [-0.2, -0.15) is 5.10 Å². The van der Waals surface area contributed by atoms with Crippen LogP contribution < -0.4 is 5.73 Å². The van der Waals surface area contributed by atoms with Gasteiger partial charge in [-0.15, -0.1) is 0 Å². The standard InChI is InChI=1S/C16H30N4/c1-6-15(17)16(14-8-18-19(5)10-14)20-9-11(2)7-12(3)13(20)4/h8,10-13,15-16H,6-7,9,17H2,1-5H3. The molecular weight excluding hydrogens is 248 g/mol. The van der Waals surface area contributed by atoms with Gasteiger partial charge in [0.25, 0.3) is 0 Å². The molecule has 0 aromatic carbocycles. The van der Waals surface area contributed by atoms with Crippen molar-refractivity contribution in [1.29, 1.82) is 0 Å². The molecule has 1 fully saturated rings. The second kappa shape index (κ2) is 6.27. The Kier molecular flexibility index (Phi) is 4.86. The van der Waals surface area contributed by atoms with E-state index in [0.29, 0.717) is 6.04 Å². The van der Waals surface area contributed by atoms with E-state index in [1.54, 1.807) is 0 Å². The first-order valence-electron chi connectivity index (χ1n) is 7.93. The van der Waals surface area contributed by atoms with Crippen LogP contribution >= 0.6 is 0 Å². The lowest BCUT2D eigenvalue weighted by molar-refractivity contribution is 0.0287. The number of nitrogens with two attached hydrogens (primary N) is 1. The van der Waals surface area contributed by atoms with Crippen LogP contribution in [0.5, 0.6) is 0 Å². The normalized spacial score (nSPS) is 31.2. The van der Waals surface area contributed by atoms with Gasteiger partial charge >= 0.3 is 0 Å². The fourth-order valence-electron chi connectivity index (χ4n) is 3.63. The predicted molar refractivity (Wildman–Crippen MR) is 83.3 cm³/mol. The van der Waals surface area contributed by atoms with Crippen LogP contribution in [0.25, 0.3) is 0 Å². The highest BCUT2D eigenvalue weighted by molar-refractivity contribution is 5.14. The van der Waals surface area contributed by atoms with Crippen molar-refractivity contribution in [3.8, 4) is 0 Å². The Morgan fingerprint density at radius 2 is 2.10 bits per heavy atom. The van der Waals surface area contributed by atoms with E-state index >= 15 is 0 Å². The van der Waals surface area contributed by atoms with Crippen molar-refractivity contribution in [2.45, 2.75) is 58.7 Å². The molecule has 2 heterocycles. The fourth-order valence-corrected chi connectivity index (χ4v) is 3.63. The molecule has 0 radical (unpaired) electrons. The minimum absolute atomic E-state index is 0.166. The highest BCUT2D eigenvalue weighted by Gasteiger charge is 2.36. The van der Waals surface area contributed by atoms with Crippen molar-refractivity contribution in [1.82, 2.24) is 14.7 Å². The third-order valence-corrected chi connectivity index (χ3v) is 4.94. The molecule has 2 rings (SSSR count). The Morgan fingerprint density at radius 3 is 2.65 bits per heavy atom. The molecule has 4 heteroatoms. The largest absolute Gasteiger partial charge is 0.326 e. The highest BCUT2D eigenvalue weighted by Crippen LogP contribution is 2.35. The summed E-state index contributed by atoms with van der Waals surface area (Å²) in [7, 11) is 1.98. The Bertz CT molecular complexity index is 428. The molecule has 5 atom stereocenters. The van der Waals surface area contributed by atoms with E-state index in [1.807, 2.05) is 17.9 Å². The van der Waals surface area contributed by atoms with Crippen molar-refractivity contribution in [3.63, 3.8) is 0 Å². The lowest BCUT2D eigenvalue weighted by atomic mass is 9.83. The summed E-state index contributed by atoms with van der Waals surface area (Å²) in [5.41, 5.74) is 7.72. The summed E-state index contributed by atoms with van der Waals surface area (Å²) >= 11 is 0. The Labute approximate surface area is 123 Å². The van der Waals surface area contributed by atoms with E-state index in [4.69, 9.17) is 5.73 Å². The van der Waals surface area contributed by atoms with E-state index in [1.165, 1.54) is 12.0 Å². The van der Waals surface area contributed by atoms with E-state index in [9.17, 15) is 0 Å². The first-order valence-corrected chi connectivity index (χ1v) is 7.93. The molecule has 1 aromatic heterocycles. The van der Waals surface area contributed by atoms with Crippen molar-refractivity contribution in [3.05, 3.63) is 18.0 Å².